The third-order valence-corrected chi connectivity index (χ3v) is 6.45. The van der Waals surface area contributed by atoms with Crippen LogP contribution in [0, 0.1) is 5.82 Å². The summed E-state index contributed by atoms with van der Waals surface area (Å²) in [5.41, 5.74) is 2.10. The molecule has 2 aromatic carbocycles. The molecule has 0 saturated heterocycles. The second-order valence-electron chi connectivity index (χ2n) is 7.43. The zero-order valence-corrected chi connectivity index (χ0v) is 18.7. The van der Waals surface area contributed by atoms with E-state index in [9.17, 15) is 14.0 Å². The molecule has 0 unspecified atom stereocenters. The van der Waals surface area contributed by atoms with Crippen molar-refractivity contribution in [3.05, 3.63) is 58.7 Å². The molecule has 1 amide bonds. The molecule has 0 fully saturated rings. The van der Waals surface area contributed by atoms with E-state index in [0.717, 1.165) is 29.5 Å². The van der Waals surface area contributed by atoms with Gasteiger partial charge in [0.05, 0.1) is 24.6 Å². The van der Waals surface area contributed by atoms with Gasteiger partial charge >= 0.3 is 0 Å². The standard InChI is InChI=1S/C24H23FN2O4S/c1-30-21-10-8-15(13-22(21)31-2)20(28)9-11-23(29)27-12-4-7-19(26-27)17-14-32-24-16(17)5-3-6-18(24)25/h3,5-6,8,10,13-14H,4,7,9,11-12H2,1-2H3. The molecule has 4 rings (SSSR count). The van der Waals surface area contributed by atoms with E-state index in [1.165, 1.54) is 36.6 Å². The highest BCUT2D eigenvalue weighted by molar-refractivity contribution is 7.17. The first kappa shape index (κ1) is 22.0. The van der Waals surface area contributed by atoms with Crippen LogP contribution in [0.25, 0.3) is 10.1 Å². The molecule has 2 heterocycles. The van der Waals surface area contributed by atoms with Crippen LogP contribution in [0.2, 0.25) is 0 Å². The van der Waals surface area contributed by atoms with Crippen molar-refractivity contribution < 1.29 is 23.5 Å². The van der Waals surface area contributed by atoms with Crippen LogP contribution in [-0.2, 0) is 4.79 Å². The Balaban J connectivity index is 1.45. The van der Waals surface area contributed by atoms with Crippen molar-refractivity contribution in [2.45, 2.75) is 25.7 Å². The zero-order chi connectivity index (χ0) is 22.7. The number of ether oxygens (including phenoxy) is 2. The number of benzene rings is 2. The molecule has 3 aromatic rings. The van der Waals surface area contributed by atoms with Crippen LogP contribution in [0.5, 0.6) is 11.5 Å². The molecule has 166 valence electrons. The van der Waals surface area contributed by atoms with Gasteiger partial charge in [0, 0.05) is 41.3 Å². The topological polar surface area (TPSA) is 68.2 Å². The number of Topliss-reactive ketones (excluding diaryl/α,β-unsaturated/α-hetero) is 1. The fourth-order valence-electron chi connectivity index (χ4n) is 3.76. The molecule has 0 radical (unpaired) electrons. The summed E-state index contributed by atoms with van der Waals surface area (Å²) in [6.45, 7) is 0.503. The van der Waals surface area contributed by atoms with Gasteiger partial charge in [0.15, 0.2) is 17.3 Å². The molecule has 0 saturated carbocycles. The Bertz CT molecular complexity index is 1200. The molecule has 32 heavy (non-hydrogen) atoms. The van der Waals surface area contributed by atoms with Crippen molar-refractivity contribution >= 4 is 38.8 Å². The number of methoxy groups -OCH3 is 2. The molecule has 0 bridgehead atoms. The van der Waals surface area contributed by atoms with Crippen LogP contribution in [-0.4, -0.2) is 43.2 Å². The highest BCUT2D eigenvalue weighted by atomic mass is 32.1. The Labute approximate surface area is 189 Å². The lowest BCUT2D eigenvalue weighted by molar-refractivity contribution is -0.131. The highest BCUT2D eigenvalue weighted by Crippen LogP contribution is 2.31. The van der Waals surface area contributed by atoms with Gasteiger partial charge in [0.1, 0.15) is 5.82 Å². The number of hydrogen-bond donors (Lipinski definition) is 0. The van der Waals surface area contributed by atoms with E-state index >= 15 is 0 Å². The SMILES string of the molecule is COc1ccc(C(=O)CCC(=O)N2CCCC(c3csc4c(F)cccc34)=N2)cc1OC. The Morgan fingerprint density at radius 3 is 2.72 bits per heavy atom. The van der Waals surface area contributed by atoms with Gasteiger partial charge < -0.3 is 9.47 Å². The van der Waals surface area contributed by atoms with Gasteiger partial charge in [-0.25, -0.2) is 9.40 Å². The third-order valence-electron chi connectivity index (χ3n) is 5.45. The smallest absolute Gasteiger partial charge is 0.243 e. The molecule has 0 N–H and O–H groups in total. The first-order valence-corrected chi connectivity index (χ1v) is 11.2. The van der Waals surface area contributed by atoms with Crippen LogP contribution < -0.4 is 9.47 Å². The van der Waals surface area contributed by atoms with E-state index in [1.54, 1.807) is 24.3 Å². The number of fused-ring (bicyclic) bond motifs is 1. The molecular formula is C24H23FN2O4S. The average Bonchev–Trinajstić information content (AvgIpc) is 3.27. The molecule has 1 aliphatic heterocycles. The Hall–Kier alpha value is -3.26. The lowest BCUT2D eigenvalue weighted by Crippen LogP contribution is -2.32. The summed E-state index contributed by atoms with van der Waals surface area (Å²) in [7, 11) is 3.04. The van der Waals surface area contributed by atoms with Gasteiger partial charge in [-0.1, -0.05) is 12.1 Å². The average molecular weight is 455 g/mol. The van der Waals surface area contributed by atoms with Crippen LogP contribution in [0.1, 0.15) is 41.6 Å². The Morgan fingerprint density at radius 2 is 1.94 bits per heavy atom. The van der Waals surface area contributed by atoms with Crippen LogP contribution in [0.3, 0.4) is 0 Å². The number of thiophene rings is 1. The van der Waals surface area contributed by atoms with E-state index in [2.05, 4.69) is 5.10 Å². The number of hydrazone groups is 1. The Morgan fingerprint density at radius 1 is 1.12 bits per heavy atom. The van der Waals surface area contributed by atoms with Crippen molar-refractivity contribution in [3.8, 4) is 11.5 Å². The van der Waals surface area contributed by atoms with Gasteiger partial charge in [-0.3, -0.25) is 9.59 Å². The maximum Gasteiger partial charge on any atom is 0.243 e. The van der Waals surface area contributed by atoms with Gasteiger partial charge in [-0.2, -0.15) is 5.10 Å². The summed E-state index contributed by atoms with van der Waals surface area (Å²) in [5, 5.41) is 8.68. The molecule has 0 atom stereocenters. The summed E-state index contributed by atoms with van der Waals surface area (Å²) >= 11 is 1.34. The van der Waals surface area contributed by atoms with Crippen molar-refractivity contribution in [2.75, 3.05) is 20.8 Å². The summed E-state index contributed by atoms with van der Waals surface area (Å²) in [4.78, 5) is 25.3. The van der Waals surface area contributed by atoms with Crippen LogP contribution >= 0.6 is 11.3 Å². The summed E-state index contributed by atoms with van der Waals surface area (Å²) < 4.78 is 25.1. The minimum atomic E-state index is -0.253. The monoisotopic (exact) mass is 454 g/mol. The number of hydrogen-bond acceptors (Lipinski definition) is 6. The molecule has 0 spiro atoms. The molecule has 1 aromatic heterocycles. The maximum absolute atomic E-state index is 14.0. The number of ketones is 1. The van der Waals surface area contributed by atoms with Gasteiger partial charge in [-0.15, -0.1) is 11.3 Å². The van der Waals surface area contributed by atoms with Crippen LogP contribution in [0.15, 0.2) is 46.9 Å². The minimum Gasteiger partial charge on any atom is -0.493 e. The Kier molecular flexibility index (Phi) is 6.50. The summed E-state index contributed by atoms with van der Waals surface area (Å²) in [6, 6.07) is 9.94. The molecular weight excluding hydrogens is 431 g/mol. The highest BCUT2D eigenvalue weighted by Gasteiger charge is 2.22. The number of carbonyl (C=O) groups is 2. The van der Waals surface area contributed by atoms with Crippen molar-refractivity contribution in [1.82, 2.24) is 5.01 Å². The maximum atomic E-state index is 14.0. The lowest BCUT2D eigenvalue weighted by Gasteiger charge is -2.23. The van der Waals surface area contributed by atoms with E-state index in [0.29, 0.717) is 28.3 Å². The van der Waals surface area contributed by atoms with Crippen LogP contribution in [0.4, 0.5) is 4.39 Å². The predicted octanol–water partition coefficient (Wildman–Crippen LogP) is 5.05. The van der Waals surface area contributed by atoms with Gasteiger partial charge in [0.2, 0.25) is 5.91 Å². The first-order valence-electron chi connectivity index (χ1n) is 10.3. The minimum absolute atomic E-state index is 0.0585. The van der Waals surface area contributed by atoms with Crippen molar-refractivity contribution in [3.63, 3.8) is 0 Å². The summed E-state index contributed by atoms with van der Waals surface area (Å²) in [6.07, 6.45) is 1.61. The lowest BCUT2D eigenvalue weighted by atomic mass is 10.0. The molecule has 6 nitrogen and oxygen atoms in total. The summed E-state index contributed by atoms with van der Waals surface area (Å²) in [5.74, 6) is 0.392. The first-order chi connectivity index (χ1) is 15.5. The third kappa shape index (κ3) is 4.36. The normalized spacial score (nSPS) is 13.7. The van der Waals surface area contributed by atoms with E-state index in [-0.39, 0.29) is 30.3 Å². The quantitative estimate of drug-likeness (QED) is 0.469. The largest absolute Gasteiger partial charge is 0.493 e. The van der Waals surface area contributed by atoms with Gasteiger partial charge in [0.25, 0.3) is 0 Å². The number of rotatable bonds is 7. The van der Waals surface area contributed by atoms with Crippen molar-refractivity contribution in [2.24, 2.45) is 5.10 Å². The van der Waals surface area contributed by atoms with Crippen molar-refractivity contribution in [1.29, 1.82) is 0 Å². The second kappa shape index (κ2) is 9.48. The number of halogens is 1. The molecule has 8 heteroatoms. The van der Waals surface area contributed by atoms with E-state index in [1.807, 2.05) is 11.4 Å². The van der Waals surface area contributed by atoms with Gasteiger partial charge in [-0.05, 0) is 37.1 Å². The number of carbonyl (C=O) groups excluding carboxylic acids is 2. The van der Waals surface area contributed by atoms with E-state index < -0.39 is 0 Å². The fourth-order valence-corrected chi connectivity index (χ4v) is 4.74. The second-order valence-corrected chi connectivity index (χ2v) is 8.31. The number of nitrogens with zero attached hydrogens (tertiary/aromatic N) is 2. The molecule has 0 aliphatic carbocycles. The predicted molar refractivity (Wildman–Crippen MR) is 122 cm³/mol. The fraction of sp³-hybridized carbons (Fsp3) is 0.292. The number of amides is 1. The zero-order valence-electron chi connectivity index (χ0n) is 17.9. The molecule has 1 aliphatic rings. The van der Waals surface area contributed by atoms with E-state index in [4.69, 9.17) is 9.47 Å².